The smallest absolute Gasteiger partial charge is 0.407 e. The molecule has 1 atom stereocenters. The van der Waals surface area contributed by atoms with Crippen LogP contribution < -0.4 is 5.32 Å². The normalized spacial score (nSPS) is 18.5. The third-order valence-corrected chi connectivity index (χ3v) is 4.34. The Morgan fingerprint density at radius 2 is 2.38 bits per heavy atom. The van der Waals surface area contributed by atoms with Crippen LogP contribution in [0.25, 0.3) is 0 Å². The molecule has 1 unspecified atom stereocenters. The molecule has 0 radical (unpaired) electrons. The molecule has 0 saturated carbocycles. The van der Waals surface area contributed by atoms with E-state index in [-0.39, 0.29) is 11.7 Å². The quantitative estimate of drug-likeness (QED) is 0.659. The molecule has 1 heterocycles. The van der Waals surface area contributed by atoms with Crippen LogP contribution >= 0.6 is 15.9 Å². The molecule has 0 spiro atoms. The van der Waals surface area contributed by atoms with E-state index in [1.165, 1.54) is 13.2 Å². The van der Waals surface area contributed by atoms with Crippen LogP contribution in [0, 0.1) is 10.1 Å². The summed E-state index contributed by atoms with van der Waals surface area (Å²) >= 11 is 3.30. The molecule has 1 aromatic rings. The van der Waals surface area contributed by atoms with Gasteiger partial charge in [-0.1, -0.05) is 12.1 Å². The van der Waals surface area contributed by atoms with E-state index < -0.39 is 11.0 Å². The van der Waals surface area contributed by atoms with Gasteiger partial charge in [0.1, 0.15) is 0 Å². The van der Waals surface area contributed by atoms with Crippen LogP contribution in [0.4, 0.5) is 10.5 Å². The Morgan fingerprint density at radius 3 is 3.05 bits per heavy atom. The number of nitro groups is 1. The van der Waals surface area contributed by atoms with Gasteiger partial charge in [-0.15, -0.1) is 0 Å². The third kappa shape index (κ3) is 3.92. The number of rotatable bonds is 4. The summed E-state index contributed by atoms with van der Waals surface area (Å²) in [5.41, 5.74) is 0.929. The van der Waals surface area contributed by atoms with Gasteiger partial charge in [0.15, 0.2) is 0 Å². The third-order valence-electron chi connectivity index (χ3n) is 3.43. The van der Waals surface area contributed by atoms with Gasteiger partial charge < -0.3 is 10.1 Å². The standard InChI is InChI=1S/C13H16BrN3O4/c1-21-13(18)15-10-5-6-16(8-10)7-9-3-2-4-11(12(9)14)17(19)20/h2-4,10H,5-8H2,1H3,(H,15,18). The fourth-order valence-corrected chi connectivity index (χ4v) is 2.92. The summed E-state index contributed by atoms with van der Waals surface area (Å²) in [5, 5.41) is 13.7. The number of nitrogens with one attached hydrogen (secondary N) is 1. The molecule has 1 saturated heterocycles. The predicted octanol–water partition coefficient (Wildman–Crippen LogP) is 2.29. The first-order valence-corrected chi connectivity index (χ1v) is 7.29. The number of halogens is 1. The molecule has 0 aromatic heterocycles. The molecule has 114 valence electrons. The van der Waals surface area contributed by atoms with E-state index in [2.05, 4.69) is 30.9 Å². The largest absolute Gasteiger partial charge is 0.453 e. The topological polar surface area (TPSA) is 84.7 Å². The Bertz CT molecular complexity index is 552. The highest BCUT2D eigenvalue weighted by molar-refractivity contribution is 9.10. The lowest BCUT2D eigenvalue weighted by Crippen LogP contribution is -2.36. The second kappa shape index (κ2) is 6.86. The van der Waals surface area contributed by atoms with Crippen molar-refractivity contribution < 1.29 is 14.5 Å². The number of ether oxygens (including phenoxy) is 1. The number of amides is 1. The van der Waals surface area contributed by atoms with Gasteiger partial charge in [0.25, 0.3) is 5.69 Å². The molecule has 1 aliphatic rings. The van der Waals surface area contributed by atoms with Crippen molar-refractivity contribution in [2.75, 3.05) is 20.2 Å². The zero-order chi connectivity index (χ0) is 15.4. The maximum atomic E-state index is 11.2. The molecule has 1 aromatic carbocycles. The van der Waals surface area contributed by atoms with Gasteiger partial charge in [-0.25, -0.2) is 4.79 Å². The Labute approximate surface area is 130 Å². The van der Waals surface area contributed by atoms with Gasteiger partial charge in [0, 0.05) is 31.7 Å². The van der Waals surface area contributed by atoms with Gasteiger partial charge >= 0.3 is 6.09 Å². The highest BCUT2D eigenvalue weighted by Gasteiger charge is 2.25. The molecule has 1 N–H and O–H groups in total. The van der Waals surface area contributed by atoms with Crippen LogP contribution in [-0.4, -0.2) is 42.2 Å². The Morgan fingerprint density at radius 1 is 1.62 bits per heavy atom. The number of hydrogen-bond donors (Lipinski definition) is 1. The first kappa shape index (κ1) is 15.7. The van der Waals surface area contributed by atoms with Crippen molar-refractivity contribution in [3.63, 3.8) is 0 Å². The summed E-state index contributed by atoms with van der Waals surface area (Å²) in [7, 11) is 1.34. The van der Waals surface area contributed by atoms with Gasteiger partial charge in [-0.05, 0) is 27.9 Å². The first-order valence-electron chi connectivity index (χ1n) is 6.50. The average Bonchev–Trinajstić information content (AvgIpc) is 2.88. The van der Waals surface area contributed by atoms with E-state index in [9.17, 15) is 14.9 Å². The lowest BCUT2D eigenvalue weighted by Gasteiger charge is -2.17. The highest BCUT2D eigenvalue weighted by atomic mass is 79.9. The second-order valence-electron chi connectivity index (χ2n) is 4.86. The molecule has 7 nitrogen and oxygen atoms in total. The SMILES string of the molecule is COC(=O)NC1CCN(Cc2cccc([N+](=O)[O-])c2Br)C1. The van der Waals surface area contributed by atoms with Crippen LogP contribution in [0.2, 0.25) is 0 Å². The maximum Gasteiger partial charge on any atom is 0.407 e. The van der Waals surface area contributed by atoms with E-state index in [1.807, 2.05) is 6.07 Å². The molecule has 8 heteroatoms. The molecule has 21 heavy (non-hydrogen) atoms. The highest BCUT2D eigenvalue weighted by Crippen LogP contribution is 2.29. The van der Waals surface area contributed by atoms with Crippen molar-refractivity contribution in [3.05, 3.63) is 38.3 Å². The van der Waals surface area contributed by atoms with Crippen molar-refractivity contribution >= 4 is 27.7 Å². The van der Waals surface area contributed by atoms with Gasteiger partial charge in [0.2, 0.25) is 0 Å². The number of methoxy groups -OCH3 is 1. The van der Waals surface area contributed by atoms with E-state index in [4.69, 9.17) is 0 Å². The van der Waals surface area contributed by atoms with E-state index in [0.717, 1.165) is 18.5 Å². The summed E-state index contributed by atoms with van der Waals surface area (Å²) in [6.07, 6.45) is 0.403. The summed E-state index contributed by atoms with van der Waals surface area (Å²) in [4.78, 5) is 23.8. The van der Waals surface area contributed by atoms with Crippen LogP contribution in [0.1, 0.15) is 12.0 Å². The van der Waals surface area contributed by atoms with Crippen LogP contribution in [-0.2, 0) is 11.3 Å². The average molecular weight is 358 g/mol. The Hall–Kier alpha value is -1.67. The van der Waals surface area contributed by atoms with E-state index in [0.29, 0.717) is 17.6 Å². The minimum Gasteiger partial charge on any atom is -0.453 e. The van der Waals surface area contributed by atoms with Gasteiger partial charge in [-0.3, -0.25) is 15.0 Å². The van der Waals surface area contributed by atoms with E-state index >= 15 is 0 Å². The number of carbonyl (C=O) groups is 1. The summed E-state index contributed by atoms with van der Waals surface area (Å²) in [5.74, 6) is 0. The summed E-state index contributed by atoms with van der Waals surface area (Å²) < 4.78 is 5.09. The number of alkyl carbamates (subject to hydrolysis) is 1. The van der Waals surface area contributed by atoms with Crippen LogP contribution in [0.3, 0.4) is 0 Å². The summed E-state index contributed by atoms with van der Waals surface area (Å²) in [6.45, 7) is 2.12. The van der Waals surface area contributed by atoms with Crippen molar-refractivity contribution in [3.8, 4) is 0 Å². The number of likely N-dealkylation sites (tertiary alicyclic amines) is 1. The lowest BCUT2D eigenvalue weighted by atomic mass is 10.2. The van der Waals surface area contributed by atoms with Crippen molar-refractivity contribution in [2.45, 2.75) is 19.0 Å². The van der Waals surface area contributed by atoms with Crippen molar-refractivity contribution in [1.29, 1.82) is 0 Å². The van der Waals surface area contributed by atoms with E-state index in [1.54, 1.807) is 6.07 Å². The van der Waals surface area contributed by atoms with Gasteiger partial charge in [0.05, 0.1) is 16.5 Å². The van der Waals surface area contributed by atoms with Crippen LogP contribution in [0.5, 0.6) is 0 Å². The second-order valence-corrected chi connectivity index (χ2v) is 5.66. The predicted molar refractivity (Wildman–Crippen MR) is 80.0 cm³/mol. The molecule has 0 bridgehead atoms. The zero-order valence-corrected chi connectivity index (χ0v) is 13.1. The van der Waals surface area contributed by atoms with Crippen molar-refractivity contribution in [2.24, 2.45) is 0 Å². The molecular formula is C13H16BrN3O4. The number of nitro benzene ring substituents is 1. The van der Waals surface area contributed by atoms with Crippen LogP contribution in [0.15, 0.2) is 22.7 Å². The molecule has 1 amide bonds. The molecular weight excluding hydrogens is 342 g/mol. The lowest BCUT2D eigenvalue weighted by molar-refractivity contribution is -0.385. The minimum absolute atomic E-state index is 0.0509. The minimum atomic E-state index is -0.432. The summed E-state index contributed by atoms with van der Waals surface area (Å²) in [6, 6.07) is 5.06. The first-order chi connectivity index (χ1) is 10.0. The Kier molecular flexibility index (Phi) is 5.13. The molecule has 1 aliphatic heterocycles. The maximum absolute atomic E-state index is 11.2. The zero-order valence-electron chi connectivity index (χ0n) is 11.5. The number of benzene rings is 1. The van der Waals surface area contributed by atoms with Gasteiger partial charge in [-0.2, -0.15) is 0 Å². The fourth-order valence-electron chi connectivity index (χ4n) is 2.39. The molecule has 2 rings (SSSR count). The fraction of sp³-hybridized carbons (Fsp3) is 0.462. The Balaban J connectivity index is 1.99. The molecule has 1 fully saturated rings. The monoisotopic (exact) mass is 357 g/mol. The number of hydrogen-bond acceptors (Lipinski definition) is 5. The number of carbonyl (C=O) groups excluding carboxylic acids is 1. The molecule has 0 aliphatic carbocycles. The van der Waals surface area contributed by atoms with Crippen molar-refractivity contribution in [1.82, 2.24) is 10.2 Å². The number of nitrogens with zero attached hydrogens (tertiary/aromatic N) is 2.